The van der Waals surface area contributed by atoms with E-state index in [1.165, 1.54) is 13.8 Å². The normalized spacial score (nSPS) is 27.1. The Morgan fingerprint density at radius 3 is 1.14 bits per heavy atom. The van der Waals surface area contributed by atoms with Crippen molar-refractivity contribution in [2.75, 3.05) is 0 Å². The Morgan fingerprint density at radius 1 is 0.773 bits per heavy atom. The van der Waals surface area contributed by atoms with Gasteiger partial charge in [-0.2, -0.15) is 0 Å². The molecule has 0 aliphatic carbocycles. The average molecular weight is 320 g/mol. The van der Waals surface area contributed by atoms with Gasteiger partial charge in [-0.15, -0.1) is 0 Å². The first-order valence-corrected chi connectivity index (χ1v) is 6.10. The van der Waals surface area contributed by atoms with Gasteiger partial charge >= 0.3 is 11.9 Å². The third-order valence-electron chi connectivity index (χ3n) is 2.76. The summed E-state index contributed by atoms with van der Waals surface area (Å²) in [6, 6.07) is 0. The molecular formula is C12H16O10. The Hall–Kier alpha value is -2.46. The molecule has 0 radical (unpaired) electrons. The standard InChI is InChI=1S/2C6H8O5/c2*1-2(7)5-3(8)4(9)6(10)11-5/h2*2,5,7-9H,1H3/t2-,5+;2-,5-/m01/s1. The number of aliphatic hydroxyl groups excluding tert-OH is 6. The van der Waals surface area contributed by atoms with Crippen molar-refractivity contribution in [3.05, 3.63) is 23.0 Å². The Balaban J connectivity index is 0.000000220. The number of cyclic esters (lactones) is 2. The molecule has 2 aliphatic heterocycles. The summed E-state index contributed by atoms with van der Waals surface area (Å²) in [5, 5.41) is 53.1. The highest BCUT2D eigenvalue weighted by Gasteiger charge is 2.38. The van der Waals surface area contributed by atoms with Gasteiger partial charge in [0, 0.05) is 0 Å². The summed E-state index contributed by atoms with van der Waals surface area (Å²) in [4.78, 5) is 21.0. The molecule has 10 nitrogen and oxygen atoms in total. The van der Waals surface area contributed by atoms with Crippen LogP contribution in [-0.2, 0) is 19.1 Å². The lowest BCUT2D eigenvalue weighted by Gasteiger charge is -2.11. The number of ether oxygens (including phenoxy) is 2. The number of hydrogen-bond acceptors (Lipinski definition) is 10. The monoisotopic (exact) mass is 320 g/mol. The van der Waals surface area contributed by atoms with E-state index in [2.05, 4.69) is 9.47 Å². The Bertz CT molecular complexity index is 482. The van der Waals surface area contributed by atoms with Gasteiger partial charge in [0.05, 0.1) is 12.2 Å². The van der Waals surface area contributed by atoms with Crippen LogP contribution in [0.15, 0.2) is 23.0 Å². The van der Waals surface area contributed by atoms with E-state index in [9.17, 15) is 9.59 Å². The molecular weight excluding hydrogens is 304 g/mol. The minimum absolute atomic E-state index is 0.606. The summed E-state index contributed by atoms with van der Waals surface area (Å²) in [6.45, 7) is 2.68. The number of carbonyl (C=O) groups excluding carboxylic acids is 2. The topological polar surface area (TPSA) is 174 Å². The van der Waals surface area contributed by atoms with Crippen molar-refractivity contribution in [2.45, 2.75) is 38.3 Å². The van der Waals surface area contributed by atoms with Gasteiger partial charge in [-0.25, -0.2) is 9.59 Å². The molecule has 0 aromatic heterocycles. The molecule has 0 aromatic rings. The maximum absolute atomic E-state index is 10.5. The second kappa shape index (κ2) is 6.54. The molecule has 0 fully saturated rings. The van der Waals surface area contributed by atoms with Crippen molar-refractivity contribution >= 4 is 11.9 Å². The Morgan fingerprint density at radius 2 is 1.05 bits per heavy atom. The number of hydrogen-bond donors (Lipinski definition) is 6. The predicted molar refractivity (Wildman–Crippen MR) is 67.7 cm³/mol. The molecule has 2 aliphatic rings. The maximum atomic E-state index is 10.5. The van der Waals surface area contributed by atoms with Gasteiger partial charge in [-0.05, 0) is 13.8 Å². The molecule has 2 heterocycles. The van der Waals surface area contributed by atoms with Crippen molar-refractivity contribution in [1.82, 2.24) is 0 Å². The van der Waals surface area contributed by atoms with Crippen LogP contribution in [0.3, 0.4) is 0 Å². The molecule has 2 rings (SSSR count). The highest BCUT2D eigenvalue weighted by Crippen LogP contribution is 2.21. The van der Waals surface area contributed by atoms with E-state index in [0.29, 0.717) is 0 Å². The fourth-order valence-electron chi connectivity index (χ4n) is 1.59. The SMILES string of the molecule is C[C@@H](O)[C@H]1OC(=O)C(O)=C1O.C[C@H](O)[C@H]1OC(=O)C(O)=C1O. The summed E-state index contributed by atoms with van der Waals surface area (Å²) in [5.74, 6) is -4.87. The highest BCUT2D eigenvalue weighted by molar-refractivity contribution is 5.89. The van der Waals surface area contributed by atoms with E-state index < -0.39 is 59.4 Å². The van der Waals surface area contributed by atoms with Crippen LogP contribution >= 0.6 is 0 Å². The quantitative estimate of drug-likeness (QED) is 0.355. The third-order valence-corrected chi connectivity index (χ3v) is 2.76. The maximum Gasteiger partial charge on any atom is 0.377 e. The molecule has 0 saturated heterocycles. The van der Waals surface area contributed by atoms with Crippen molar-refractivity contribution < 1.29 is 49.7 Å². The van der Waals surface area contributed by atoms with Crippen LogP contribution in [0.25, 0.3) is 0 Å². The van der Waals surface area contributed by atoms with Crippen LogP contribution in [0.1, 0.15) is 13.8 Å². The highest BCUT2D eigenvalue weighted by atomic mass is 16.6. The number of rotatable bonds is 2. The third kappa shape index (κ3) is 3.40. The van der Waals surface area contributed by atoms with Gasteiger partial charge in [0.2, 0.25) is 11.5 Å². The fraction of sp³-hybridized carbons (Fsp3) is 0.500. The van der Waals surface area contributed by atoms with E-state index in [-0.39, 0.29) is 0 Å². The largest absolute Gasteiger partial charge is 0.505 e. The Kier molecular flexibility index (Phi) is 5.23. The first kappa shape index (κ1) is 17.6. The van der Waals surface area contributed by atoms with E-state index >= 15 is 0 Å². The van der Waals surface area contributed by atoms with Crippen molar-refractivity contribution in [3.63, 3.8) is 0 Å². The summed E-state index contributed by atoms with van der Waals surface area (Å²) >= 11 is 0. The average Bonchev–Trinajstić information content (AvgIpc) is 2.85. The molecule has 6 N–H and O–H groups in total. The van der Waals surface area contributed by atoms with Crippen LogP contribution < -0.4 is 0 Å². The first-order valence-electron chi connectivity index (χ1n) is 6.10. The molecule has 0 saturated carbocycles. The van der Waals surface area contributed by atoms with Crippen LogP contribution in [0.5, 0.6) is 0 Å². The zero-order valence-electron chi connectivity index (χ0n) is 11.6. The van der Waals surface area contributed by atoms with Gasteiger partial charge in [-0.1, -0.05) is 0 Å². The smallest absolute Gasteiger partial charge is 0.377 e. The van der Waals surface area contributed by atoms with Gasteiger partial charge in [0.25, 0.3) is 0 Å². The second-order valence-corrected chi connectivity index (χ2v) is 4.60. The molecule has 0 amide bonds. The van der Waals surface area contributed by atoms with Crippen LogP contribution in [0, 0.1) is 0 Å². The molecule has 0 aromatic carbocycles. The molecule has 124 valence electrons. The molecule has 0 bridgehead atoms. The molecule has 0 unspecified atom stereocenters. The van der Waals surface area contributed by atoms with Crippen molar-refractivity contribution in [2.24, 2.45) is 0 Å². The second-order valence-electron chi connectivity index (χ2n) is 4.60. The summed E-state index contributed by atoms with van der Waals surface area (Å²) in [7, 11) is 0. The van der Waals surface area contributed by atoms with Gasteiger partial charge in [0.1, 0.15) is 0 Å². The zero-order chi connectivity index (χ0) is 17.2. The van der Waals surface area contributed by atoms with Crippen LogP contribution in [0.2, 0.25) is 0 Å². The minimum Gasteiger partial charge on any atom is -0.505 e. The minimum atomic E-state index is -1.12. The lowest BCUT2D eigenvalue weighted by atomic mass is 10.2. The summed E-state index contributed by atoms with van der Waals surface area (Å²) in [5.41, 5.74) is 0. The molecule has 10 heteroatoms. The van der Waals surface area contributed by atoms with Crippen LogP contribution in [-0.4, -0.2) is 67.0 Å². The van der Waals surface area contributed by atoms with Gasteiger partial charge < -0.3 is 40.1 Å². The van der Waals surface area contributed by atoms with Gasteiger partial charge in [0.15, 0.2) is 23.7 Å². The predicted octanol–water partition coefficient (Wildman–Crippen LogP) is -0.760. The molecule has 22 heavy (non-hydrogen) atoms. The fourth-order valence-corrected chi connectivity index (χ4v) is 1.59. The lowest BCUT2D eigenvalue weighted by molar-refractivity contribution is -0.146. The van der Waals surface area contributed by atoms with E-state index in [4.69, 9.17) is 30.6 Å². The van der Waals surface area contributed by atoms with E-state index in [1.54, 1.807) is 0 Å². The van der Waals surface area contributed by atoms with Crippen molar-refractivity contribution in [3.8, 4) is 0 Å². The summed E-state index contributed by atoms with van der Waals surface area (Å²) in [6.07, 6.45) is -4.29. The molecule has 4 atom stereocenters. The van der Waals surface area contributed by atoms with E-state index in [1.807, 2.05) is 0 Å². The number of aliphatic hydroxyl groups is 6. The zero-order valence-corrected chi connectivity index (χ0v) is 11.6. The van der Waals surface area contributed by atoms with E-state index in [0.717, 1.165) is 0 Å². The summed E-state index contributed by atoms with van der Waals surface area (Å²) < 4.78 is 8.77. The lowest BCUT2D eigenvalue weighted by Crippen LogP contribution is -2.25. The van der Waals surface area contributed by atoms with Crippen molar-refractivity contribution in [1.29, 1.82) is 0 Å². The molecule has 0 spiro atoms. The Labute approximate surface area is 124 Å². The number of esters is 2. The van der Waals surface area contributed by atoms with Gasteiger partial charge in [-0.3, -0.25) is 0 Å². The number of carbonyl (C=O) groups is 2. The van der Waals surface area contributed by atoms with Crippen LogP contribution in [0.4, 0.5) is 0 Å². The first-order chi connectivity index (χ1) is 10.1.